The van der Waals surface area contributed by atoms with Gasteiger partial charge in [0.15, 0.2) is 11.5 Å². The second-order valence-corrected chi connectivity index (χ2v) is 13.2. The quantitative estimate of drug-likeness (QED) is 0.0953. The maximum absolute atomic E-state index is 13.4. The largest absolute Gasteiger partial charge is 0.493 e. The van der Waals surface area contributed by atoms with Gasteiger partial charge >= 0.3 is 5.97 Å². The number of carbonyl (C=O) groups excluding carboxylic acids is 1. The zero-order valence-corrected chi connectivity index (χ0v) is 28.5. The molecule has 48 heavy (non-hydrogen) atoms. The third-order valence-corrected chi connectivity index (χ3v) is 9.58. The number of nitrogens with one attached hydrogen (secondary N) is 1. The van der Waals surface area contributed by atoms with Crippen molar-refractivity contribution < 1.29 is 33.6 Å². The number of aryl methyl sites for hydroxylation is 1. The van der Waals surface area contributed by atoms with Gasteiger partial charge in [0.05, 0.1) is 37.4 Å². The van der Waals surface area contributed by atoms with E-state index in [0.717, 1.165) is 71.9 Å². The van der Waals surface area contributed by atoms with Gasteiger partial charge in [-0.1, -0.05) is 36.1 Å². The number of hydrogen-bond acceptors (Lipinski definition) is 9. The van der Waals surface area contributed by atoms with Gasteiger partial charge in [-0.25, -0.2) is 4.79 Å². The number of ether oxygens (including phenoxy) is 4. The van der Waals surface area contributed by atoms with E-state index in [1.54, 1.807) is 11.0 Å². The smallest absolute Gasteiger partial charge is 0.335 e. The fourth-order valence-corrected chi connectivity index (χ4v) is 7.02. The Hall–Kier alpha value is -4.36. The lowest BCUT2D eigenvalue weighted by Crippen LogP contribution is -2.38. The van der Waals surface area contributed by atoms with Gasteiger partial charge in [0.2, 0.25) is 0 Å². The number of aromatic carboxylic acids is 1. The first-order chi connectivity index (χ1) is 23.3. The molecule has 2 aliphatic heterocycles. The van der Waals surface area contributed by atoms with Gasteiger partial charge in [-0.05, 0) is 79.1 Å². The lowest BCUT2D eigenvalue weighted by atomic mass is 10.00. The highest BCUT2D eigenvalue weighted by Crippen LogP contribution is 2.37. The Morgan fingerprint density at radius 3 is 2.58 bits per heavy atom. The lowest BCUT2D eigenvalue weighted by molar-refractivity contribution is -0.122. The summed E-state index contributed by atoms with van der Waals surface area (Å²) < 4.78 is 23.4. The highest BCUT2D eigenvalue weighted by Gasteiger charge is 2.31. The van der Waals surface area contributed by atoms with Gasteiger partial charge in [0, 0.05) is 48.3 Å². The maximum Gasteiger partial charge on any atom is 0.335 e. The van der Waals surface area contributed by atoms with Crippen molar-refractivity contribution in [3.05, 3.63) is 82.4 Å². The molecule has 2 N–H and O–H groups in total. The molecule has 0 bridgehead atoms. The van der Waals surface area contributed by atoms with Crippen LogP contribution in [0.2, 0.25) is 0 Å². The third-order valence-electron chi connectivity index (χ3n) is 8.20. The van der Waals surface area contributed by atoms with Crippen LogP contribution in [0.1, 0.15) is 28.0 Å². The summed E-state index contributed by atoms with van der Waals surface area (Å²) in [6, 6.07) is 18.9. The number of aromatic amines is 1. The van der Waals surface area contributed by atoms with Crippen LogP contribution >= 0.6 is 24.0 Å². The summed E-state index contributed by atoms with van der Waals surface area (Å²) >= 11 is 6.86. The Bertz CT molecular complexity index is 1870. The molecule has 0 spiro atoms. The van der Waals surface area contributed by atoms with Gasteiger partial charge in [0.25, 0.3) is 5.91 Å². The molecule has 0 radical (unpaired) electrons. The first kappa shape index (κ1) is 33.5. The van der Waals surface area contributed by atoms with Crippen LogP contribution in [-0.4, -0.2) is 95.8 Å². The number of fused-ring (bicyclic) bond motifs is 1. The highest BCUT2D eigenvalue weighted by atomic mass is 32.2. The van der Waals surface area contributed by atoms with Gasteiger partial charge in [-0.2, -0.15) is 0 Å². The van der Waals surface area contributed by atoms with Crippen molar-refractivity contribution in [1.82, 2.24) is 14.8 Å². The molecule has 3 aromatic carbocycles. The van der Waals surface area contributed by atoms with Crippen molar-refractivity contribution in [3.8, 4) is 28.4 Å². The number of morpholine rings is 1. The molecule has 0 unspecified atom stereocenters. The molecule has 0 atom stereocenters. The lowest BCUT2D eigenvalue weighted by Gasteiger charge is -2.26. The SMILES string of the molecule is COc1cc(C(=O)O)ccc1OCCCN1C(=O)/C(=C/c2ccc(OCCN3CCOCC3)c(-c3ccc4[nH]c(C)cc4c3)c2)SC1=S. The number of benzene rings is 3. The number of thioether (sulfide) groups is 1. The monoisotopic (exact) mass is 687 g/mol. The molecular weight excluding hydrogens is 651 g/mol. The average Bonchev–Trinajstić information content (AvgIpc) is 3.59. The number of carboxylic acid groups (broad SMARTS) is 1. The van der Waals surface area contributed by atoms with Crippen molar-refractivity contribution in [2.75, 3.05) is 59.7 Å². The molecule has 10 nitrogen and oxygen atoms in total. The number of hydrogen-bond donors (Lipinski definition) is 2. The van der Waals surface area contributed by atoms with E-state index in [2.05, 4.69) is 40.2 Å². The molecule has 6 rings (SSSR count). The van der Waals surface area contributed by atoms with E-state index in [4.69, 9.17) is 31.2 Å². The molecule has 2 aliphatic rings. The van der Waals surface area contributed by atoms with Gasteiger partial charge < -0.3 is 29.0 Å². The number of thiocarbonyl (C=S) groups is 1. The van der Waals surface area contributed by atoms with Crippen LogP contribution in [0, 0.1) is 6.92 Å². The minimum absolute atomic E-state index is 0.110. The van der Waals surface area contributed by atoms with Crippen molar-refractivity contribution in [3.63, 3.8) is 0 Å². The maximum atomic E-state index is 13.4. The Morgan fingerprint density at radius 2 is 1.79 bits per heavy atom. The predicted molar refractivity (Wildman–Crippen MR) is 191 cm³/mol. The first-order valence-electron chi connectivity index (χ1n) is 15.8. The number of carbonyl (C=O) groups is 2. The number of H-pyrrole nitrogens is 1. The number of amides is 1. The highest BCUT2D eigenvalue weighted by molar-refractivity contribution is 8.26. The molecule has 0 saturated carbocycles. The predicted octanol–water partition coefficient (Wildman–Crippen LogP) is 6.23. The number of rotatable bonds is 13. The molecule has 2 fully saturated rings. The standard InChI is InChI=1S/C36H37N3O7S2/c1-23-18-27-21-25(5-7-29(27)37-23)28-19-24(4-8-30(28)46-17-13-38-11-15-44-16-12-38)20-33-34(40)39(36(47)48-33)10-3-14-45-31-9-6-26(35(41)42)22-32(31)43-2/h4-9,18-22,37H,3,10-17H2,1-2H3,(H,41,42)/b33-20-. The molecule has 0 aliphatic carbocycles. The molecular formula is C36H37N3O7S2. The second-order valence-electron chi connectivity index (χ2n) is 11.5. The minimum Gasteiger partial charge on any atom is -0.493 e. The fourth-order valence-electron chi connectivity index (χ4n) is 5.71. The van der Waals surface area contributed by atoms with E-state index in [1.807, 2.05) is 25.1 Å². The number of methoxy groups -OCH3 is 1. The summed E-state index contributed by atoms with van der Waals surface area (Å²) in [5, 5.41) is 10.3. The van der Waals surface area contributed by atoms with Crippen LogP contribution in [0.15, 0.2) is 65.6 Å². The summed E-state index contributed by atoms with van der Waals surface area (Å²) in [6.45, 7) is 7.39. The fraction of sp³-hybridized carbons (Fsp3) is 0.306. The van der Waals surface area contributed by atoms with E-state index in [0.29, 0.717) is 46.9 Å². The van der Waals surface area contributed by atoms with Gasteiger partial charge in [0.1, 0.15) is 16.7 Å². The zero-order chi connectivity index (χ0) is 33.6. The van der Waals surface area contributed by atoms with Gasteiger partial charge in [-0.3, -0.25) is 14.6 Å². The summed E-state index contributed by atoms with van der Waals surface area (Å²) in [6.07, 6.45) is 2.40. The second kappa shape index (κ2) is 15.2. The minimum atomic E-state index is -1.05. The van der Waals surface area contributed by atoms with Crippen LogP contribution in [0.3, 0.4) is 0 Å². The van der Waals surface area contributed by atoms with E-state index >= 15 is 0 Å². The van der Waals surface area contributed by atoms with Crippen LogP contribution < -0.4 is 14.2 Å². The summed E-state index contributed by atoms with van der Waals surface area (Å²) in [5.74, 6) is 0.358. The Kier molecular flexibility index (Phi) is 10.7. The summed E-state index contributed by atoms with van der Waals surface area (Å²) in [4.78, 5) is 32.6. The van der Waals surface area contributed by atoms with E-state index in [9.17, 15) is 14.7 Å². The Labute approximate surface area is 288 Å². The van der Waals surface area contributed by atoms with E-state index in [1.165, 1.54) is 31.0 Å². The average molecular weight is 688 g/mol. The molecule has 1 aromatic heterocycles. The Morgan fingerprint density at radius 1 is 1.00 bits per heavy atom. The zero-order valence-electron chi connectivity index (χ0n) is 26.8. The van der Waals surface area contributed by atoms with Crippen LogP contribution in [-0.2, 0) is 9.53 Å². The molecule has 1 amide bonds. The van der Waals surface area contributed by atoms with Crippen molar-refractivity contribution in [2.24, 2.45) is 0 Å². The summed E-state index contributed by atoms with van der Waals surface area (Å²) in [5.41, 5.74) is 5.13. The van der Waals surface area contributed by atoms with E-state index < -0.39 is 5.97 Å². The number of carboxylic acids is 1. The summed E-state index contributed by atoms with van der Waals surface area (Å²) in [7, 11) is 1.46. The van der Waals surface area contributed by atoms with Crippen molar-refractivity contribution in [1.29, 1.82) is 0 Å². The van der Waals surface area contributed by atoms with Crippen LogP contribution in [0.4, 0.5) is 0 Å². The first-order valence-corrected chi connectivity index (χ1v) is 17.0. The number of aromatic nitrogens is 1. The molecule has 3 heterocycles. The van der Waals surface area contributed by atoms with E-state index in [-0.39, 0.29) is 11.5 Å². The Balaban J connectivity index is 1.15. The molecule has 12 heteroatoms. The van der Waals surface area contributed by atoms with Gasteiger partial charge in [-0.15, -0.1) is 0 Å². The van der Waals surface area contributed by atoms with Crippen molar-refractivity contribution in [2.45, 2.75) is 13.3 Å². The topological polar surface area (TPSA) is 114 Å². The molecule has 250 valence electrons. The molecule has 4 aromatic rings. The normalized spacial score (nSPS) is 16.2. The third kappa shape index (κ3) is 7.84. The van der Waals surface area contributed by atoms with Crippen LogP contribution in [0.5, 0.6) is 17.2 Å². The number of nitrogens with zero attached hydrogens (tertiary/aromatic N) is 2. The van der Waals surface area contributed by atoms with Crippen LogP contribution in [0.25, 0.3) is 28.1 Å². The molecule has 2 saturated heterocycles. The van der Waals surface area contributed by atoms with Crippen molar-refractivity contribution >= 4 is 57.2 Å².